The minimum absolute atomic E-state index is 0.0306. The Kier molecular flexibility index (Phi) is 2.88. The van der Waals surface area contributed by atoms with Gasteiger partial charge in [0.25, 0.3) is 0 Å². The Labute approximate surface area is 67.3 Å². The zero-order valence-electron chi connectivity index (χ0n) is 6.97. The number of carbonyl (C=O) groups excluding carboxylic acids is 1. The van der Waals surface area contributed by atoms with E-state index in [1.54, 1.807) is 6.92 Å². The molecule has 0 radical (unpaired) electrons. The molecule has 0 bridgehead atoms. The molecule has 0 aromatic heterocycles. The summed E-state index contributed by atoms with van der Waals surface area (Å²) < 4.78 is 0. The van der Waals surface area contributed by atoms with Crippen molar-refractivity contribution in [1.82, 2.24) is 5.32 Å². The smallest absolute Gasteiger partial charge is 0.236 e. The maximum atomic E-state index is 11.0. The molecule has 1 amide bonds. The number of nitrogens with two attached hydrogens (primary N) is 1. The molecule has 1 atom stereocenters. The second-order valence-electron chi connectivity index (χ2n) is 3.33. The standard InChI is InChI=1S/C8H16N2O/c1-6(9)8(11)10-5-7-3-2-4-7/h6-7H,2-5,9H2,1H3,(H,10,11)/t6-/m0/s1. The molecule has 0 aromatic rings. The van der Waals surface area contributed by atoms with Crippen LogP contribution in [0.4, 0.5) is 0 Å². The van der Waals surface area contributed by atoms with E-state index in [1.165, 1.54) is 19.3 Å². The number of nitrogens with one attached hydrogen (secondary N) is 1. The second kappa shape index (κ2) is 3.72. The van der Waals surface area contributed by atoms with E-state index in [2.05, 4.69) is 5.32 Å². The summed E-state index contributed by atoms with van der Waals surface area (Å²) in [5, 5.41) is 2.82. The van der Waals surface area contributed by atoms with Crippen LogP contribution in [0.15, 0.2) is 0 Å². The minimum atomic E-state index is -0.366. The highest BCUT2D eigenvalue weighted by Crippen LogP contribution is 2.24. The molecule has 0 spiro atoms. The lowest BCUT2D eigenvalue weighted by atomic mass is 9.85. The topological polar surface area (TPSA) is 55.1 Å². The highest BCUT2D eigenvalue weighted by atomic mass is 16.2. The van der Waals surface area contributed by atoms with Crippen molar-refractivity contribution >= 4 is 5.91 Å². The van der Waals surface area contributed by atoms with E-state index in [1.807, 2.05) is 0 Å². The number of amides is 1. The third kappa shape index (κ3) is 2.50. The molecule has 1 aliphatic carbocycles. The van der Waals surface area contributed by atoms with Crippen LogP contribution < -0.4 is 11.1 Å². The molecule has 1 rings (SSSR count). The van der Waals surface area contributed by atoms with E-state index in [0.29, 0.717) is 0 Å². The van der Waals surface area contributed by atoms with Crippen LogP contribution in [-0.4, -0.2) is 18.5 Å². The molecule has 3 N–H and O–H groups in total. The van der Waals surface area contributed by atoms with Gasteiger partial charge in [-0.3, -0.25) is 4.79 Å². The summed E-state index contributed by atoms with van der Waals surface area (Å²) in [5.41, 5.74) is 5.37. The van der Waals surface area contributed by atoms with Gasteiger partial charge in [-0.05, 0) is 25.7 Å². The Morgan fingerprint density at radius 3 is 2.73 bits per heavy atom. The van der Waals surface area contributed by atoms with E-state index in [-0.39, 0.29) is 11.9 Å². The average molecular weight is 156 g/mol. The lowest BCUT2D eigenvalue weighted by molar-refractivity contribution is -0.122. The summed E-state index contributed by atoms with van der Waals surface area (Å²) in [6, 6.07) is -0.366. The second-order valence-corrected chi connectivity index (χ2v) is 3.33. The molecule has 64 valence electrons. The van der Waals surface area contributed by atoms with Gasteiger partial charge in [-0.15, -0.1) is 0 Å². The van der Waals surface area contributed by atoms with Gasteiger partial charge in [0.1, 0.15) is 0 Å². The number of hydrogen-bond acceptors (Lipinski definition) is 2. The zero-order chi connectivity index (χ0) is 8.27. The van der Waals surface area contributed by atoms with Crippen molar-refractivity contribution in [1.29, 1.82) is 0 Å². The molecule has 0 aromatic carbocycles. The van der Waals surface area contributed by atoms with Crippen LogP contribution in [0.1, 0.15) is 26.2 Å². The van der Waals surface area contributed by atoms with Crippen LogP contribution in [0.2, 0.25) is 0 Å². The Morgan fingerprint density at radius 2 is 2.36 bits per heavy atom. The first kappa shape index (κ1) is 8.53. The summed E-state index contributed by atoms with van der Waals surface area (Å²) in [7, 11) is 0. The first-order valence-electron chi connectivity index (χ1n) is 4.23. The fourth-order valence-electron chi connectivity index (χ4n) is 1.10. The molecule has 1 aliphatic rings. The molecule has 1 fully saturated rings. The Hall–Kier alpha value is -0.570. The maximum Gasteiger partial charge on any atom is 0.236 e. The van der Waals surface area contributed by atoms with Crippen molar-refractivity contribution in [2.24, 2.45) is 11.7 Å². The SMILES string of the molecule is C[C@H](N)C(=O)NCC1CCC1. The molecule has 0 unspecified atom stereocenters. The van der Waals surface area contributed by atoms with Gasteiger partial charge >= 0.3 is 0 Å². The highest BCUT2D eigenvalue weighted by molar-refractivity contribution is 5.80. The summed E-state index contributed by atoms with van der Waals surface area (Å²) in [6.07, 6.45) is 3.84. The van der Waals surface area contributed by atoms with Gasteiger partial charge in [0, 0.05) is 6.54 Å². The third-order valence-electron chi connectivity index (χ3n) is 2.20. The Morgan fingerprint density at radius 1 is 1.73 bits per heavy atom. The summed E-state index contributed by atoms with van der Waals surface area (Å²) in [5.74, 6) is 0.689. The normalized spacial score (nSPS) is 20.5. The Balaban J connectivity index is 2.06. The quantitative estimate of drug-likeness (QED) is 0.615. The van der Waals surface area contributed by atoms with Crippen molar-refractivity contribution in [2.45, 2.75) is 32.2 Å². The van der Waals surface area contributed by atoms with Crippen LogP contribution in [0.5, 0.6) is 0 Å². The van der Waals surface area contributed by atoms with E-state index >= 15 is 0 Å². The van der Waals surface area contributed by atoms with E-state index in [9.17, 15) is 4.79 Å². The average Bonchev–Trinajstić information content (AvgIpc) is 1.83. The predicted octanol–water partition coefficient (Wildman–Crippen LogP) is 0.250. The van der Waals surface area contributed by atoms with Crippen molar-refractivity contribution in [3.63, 3.8) is 0 Å². The van der Waals surface area contributed by atoms with Crippen LogP contribution in [0.25, 0.3) is 0 Å². The Bertz CT molecular complexity index is 141. The van der Waals surface area contributed by atoms with Crippen LogP contribution >= 0.6 is 0 Å². The fraction of sp³-hybridized carbons (Fsp3) is 0.875. The lowest BCUT2D eigenvalue weighted by Crippen LogP contribution is -2.41. The van der Waals surface area contributed by atoms with E-state index in [0.717, 1.165) is 12.5 Å². The molecular formula is C8H16N2O. The third-order valence-corrected chi connectivity index (χ3v) is 2.20. The predicted molar refractivity (Wildman–Crippen MR) is 44.0 cm³/mol. The zero-order valence-corrected chi connectivity index (χ0v) is 6.97. The minimum Gasteiger partial charge on any atom is -0.354 e. The van der Waals surface area contributed by atoms with Gasteiger partial charge in [0.05, 0.1) is 6.04 Å². The van der Waals surface area contributed by atoms with Gasteiger partial charge < -0.3 is 11.1 Å². The van der Waals surface area contributed by atoms with Gasteiger partial charge in [-0.25, -0.2) is 0 Å². The molecule has 3 nitrogen and oxygen atoms in total. The van der Waals surface area contributed by atoms with Gasteiger partial charge in [0.2, 0.25) is 5.91 Å². The van der Waals surface area contributed by atoms with Gasteiger partial charge in [0.15, 0.2) is 0 Å². The highest BCUT2D eigenvalue weighted by Gasteiger charge is 2.18. The van der Waals surface area contributed by atoms with Crippen LogP contribution in [0.3, 0.4) is 0 Å². The number of carbonyl (C=O) groups is 1. The monoisotopic (exact) mass is 156 g/mol. The molecule has 0 aliphatic heterocycles. The largest absolute Gasteiger partial charge is 0.354 e. The van der Waals surface area contributed by atoms with Crippen molar-refractivity contribution in [3.05, 3.63) is 0 Å². The fourth-order valence-corrected chi connectivity index (χ4v) is 1.10. The molecular weight excluding hydrogens is 140 g/mol. The van der Waals surface area contributed by atoms with Gasteiger partial charge in [-0.1, -0.05) is 6.42 Å². The molecule has 0 saturated heterocycles. The van der Waals surface area contributed by atoms with Crippen molar-refractivity contribution in [3.8, 4) is 0 Å². The van der Waals surface area contributed by atoms with Crippen LogP contribution in [-0.2, 0) is 4.79 Å². The summed E-state index contributed by atoms with van der Waals surface area (Å²) in [6.45, 7) is 2.52. The summed E-state index contributed by atoms with van der Waals surface area (Å²) >= 11 is 0. The molecule has 1 saturated carbocycles. The summed E-state index contributed by atoms with van der Waals surface area (Å²) in [4.78, 5) is 11.0. The number of hydrogen-bond donors (Lipinski definition) is 2. The number of rotatable bonds is 3. The van der Waals surface area contributed by atoms with Crippen molar-refractivity contribution in [2.75, 3.05) is 6.54 Å². The molecule has 0 heterocycles. The first-order chi connectivity index (χ1) is 5.20. The van der Waals surface area contributed by atoms with Gasteiger partial charge in [-0.2, -0.15) is 0 Å². The van der Waals surface area contributed by atoms with Crippen molar-refractivity contribution < 1.29 is 4.79 Å². The van der Waals surface area contributed by atoms with E-state index in [4.69, 9.17) is 5.73 Å². The van der Waals surface area contributed by atoms with Crippen LogP contribution in [0, 0.1) is 5.92 Å². The molecule has 11 heavy (non-hydrogen) atoms. The first-order valence-corrected chi connectivity index (χ1v) is 4.23. The maximum absolute atomic E-state index is 11.0. The molecule has 3 heteroatoms. The lowest BCUT2D eigenvalue weighted by Gasteiger charge is -2.25. The van der Waals surface area contributed by atoms with E-state index < -0.39 is 0 Å².